The van der Waals surface area contributed by atoms with E-state index in [2.05, 4.69) is 20.5 Å². The molecule has 0 spiro atoms. The number of piperazine rings is 1. The Morgan fingerprint density at radius 2 is 1.78 bits per heavy atom. The molecular formula is C33H46N8O4. The molecule has 5 heterocycles. The molecule has 5 N–H and O–H groups in total. The number of carbonyl (C=O) groups is 3. The van der Waals surface area contributed by atoms with E-state index < -0.39 is 18.1 Å². The van der Waals surface area contributed by atoms with Gasteiger partial charge in [0.25, 0.3) is 0 Å². The molecule has 2 aromatic rings. The second-order valence-electron chi connectivity index (χ2n) is 13.0. The summed E-state index contributed by atoms with van der Waals surface area (Å²) < 4.78 is 0. The number of amides is 4. The summed E-state index contributed by atoms with van der Waals surface area (Å²) in [5.41, 5.74) is 9.58. The molecule has 4 amide bonds. The lowest BCUT2D eigenvalue weighted by Crippen LogP contribution is -2.59. The van der Waals surface area contributed by atoms with Gasteiger partial charge in [-0.2, -0.15) is 0 Å². The average Bonchev–Trinajstić information content (AvgIpc) is 3.23. The number of nitrogens with zero attached hydrogens (tertiary/aromatic N) is 5. The smallest absolute Gasteiger partial charge is 0.407 e. The lowest BCUT2D eigenvalue weighted by molar-refractivity contribution is -0.140. The van der Waals surface area contributed by atoms with Gasteiger partial charge in [0.1, 0.15) is 5.82 Å². The first-order chi connectivity index (χ1) is 21.8. The number of anilines is 2. The van der Waals surface area contributed by atoms with Crippen molar-refractivity contribution in [3.05, 3.63) is 53.2 Å². The molecule has 3 unspecified atom stereocenters. The number of rotatable bonds is 6. The van der Waals surface area contributed by atoms with Crippen LogP contribution < -0.4 is 16.4 Å². The zero-order chi connectivity index (χ0) is 31.5. The van der Waals surface area contributed by atoms with Crippen molar-refractivity contribution in [3.8, 4) is 0 Å². The molecule has 0 bridgehead atoms. The van der Waals surface area contributed by atoms with Gasteiger partial charge in [-0.3, -0.25) is 9.69 Å². The lowest BCUT2D eigenvalue weighted by Gasteiger charge is -2.46. The van der Waals surface area contributed by atoms with Crippen molar-refractivity contribution in [2.24, 2.45) is 5.92 Å². The third-order valence-corrected chi connectivity index (χ3v) is 10.3. The number of nitrogens with one attached hydrogen (secondary N) is 2. The largest absolute Gasteiger partial charge is 0.465 e. The van der Waals surface area contributed by atoms with Crippen LogP contribution in [0.25, 0.3) is 0 Å². The van der Waals surface area contributed by atoms with Crippen molar-refractivity contribution in [3.63, 3.8) is 0 Å². The van der Waals surface area contributed by atoms with Crippen LogP contribution >= 0.6 is 0 Å². The van der Waals surface area contributed by atoms with E-state index in [1.54, 1.807) is 6.20 Å². The first-order valence-corrected chi connectivity index (χ1v) is 16.4. The number of carbonyl (C=O) groups excluding carboxylic acids is 2. The monoisotopic (exact) mass is 618 g/mol. The van der Waals surface area contributed by atoms with Crippen molar-refractivity contribution in [2.45, 2.75) is 63.6 Å². The zero-order valence-corrected chi connectivity index (χ0v) is 26.2. The van der Waals surface area contributed by atoms with Gasteiger partial charge in [0.05, 0.1) is 5.92 Å². The van der Waals surface area contributed by atoms with E-state index in [1.165, 1.54) is 4.90 Å². The van der Waals surface area contributed by atoms with Crippen molar-refractivity contribution < 1.29 is 19.5 Å². The van der Waals surface area contributed by atoms with E-state index in [4.69, 9.17) is 5.73 Å². The van der Waals surface area contributed by atoms with Crippen molar-refractivity contribution in [1.29, 1.82) is 0 Å². The summed E-state index contributed by atoms with van der Waals surface area (Å²) in [4.78, 5) is 52.7. The van der Waals surface area contributed by atoms with E-state index in [0.717, 1.165) is 61.4 Å². The molecule has 12 heteroatoms. The van der Waals surface area contributed by atoms with Crippen LogP contribution in [0.1, 0.15) is 42.4 Å². The molecule has 3 fully saturated rings. The fourth-order valence-corrected chi connectivity index (χ4v) is 7.75. The number of fused-ring (bicyclic) bond motifs is 1. The van der Waals surface area contributed by atoms with Gasteiger partial charge in [0.2, 0.25) is 5.91 Å². The number of piperidine rings is 2. The molecule has 0 saturated carbocycles. The molecule has 3 atom stereocenters. The Morgan fingerprint density at radius 3 is 2.51 bits per heavy atom. The Bertz CT molecular complexity index is 1390. The number of benzene rings is 1. The van der Waals surface area contributed by atoms with Crippen LogP contribution in [0, 0.1) is 12.8 Å². The van der Waals surface area contributed by atoms with Crippen LogP contribution in [0.2, 0.25) is 0 Å². The third kappa shape index (κ3) is 6.86. The fourth-order valence-electron chi connectivity index (χ4n) is 7.75. The van der Waals surface area contributed by atoms with Gasteiger partial charge >= 0.3 is 12.1 Å². The highest BCUT2D eigenvalue weighted by Gasteiger charge is 2.44. The van der Waals surface area contributed by atoms with Gasteiger partial charge in [0, 0.05) is 82.4 Å². The number of likely N-dealkylation sites (tertiary alicyclic amines) is 2. The Labute approximate surface area is 264 Å². The van der Waals surface area contributed by atoms with Crippen LogP contribution in [0.5, 0.6) is 0 Å². The summed E-state index contributed by atoms with van der Waals surface area (Å²) in [6, 6.07) is 9.26. The zero-order valence-electron chi connectivity index (χ0n) is 26.2. The predicted octanol–water partition coefficient (Wildman–Crippen LogP) is 2.63. The van der Waals surface area contributed by atoms with E-state index in [0.29, 0.717) is 57.2 Å². The third-order valence-electron chi connectivity index (χ3n) is 10.3. The minimum Gasteiger partial charge on any atom is -0.465 e. The highest BCUT2D eigenvalue weighted by Crippen LogP contribution is 2.33. The van der Waals surface area contributed by atoms with Gasteiger partial charge in [-0.05, 0) is 68.2 Å². The molecule has 6 rings (SSSR count). The maximum absolute atomic E-state index is 14.5. The number of para-hydroxylation sites is 1. The number of nitrogens with two attached hydrogens (primary N) is 1. The SMILES string of the molecule is Cc1cc(CC(C(=O)N2CCC(N3CCNCC3)CC2)C2CC(N3CCc4ccccc4NC3=O)CCN2C(=O)O)cnc1N. The first kappa shape index (κ1) is 31.1. The summed E-state index contributed by atoms with van der Waals surface area (Å²) in [6.45, 7) is 8.02. The number of hydrogen-bond acceptors (Lipinski definition) is 7. The topological polar surface area (TPSA) is 147 Å². The number of urea groups is 1. The first-order valence-electron chi connectivity index (χ1n) is 16.4. The maximum atomic E-state index is 14.5. The van der Waals surface area contributed by atoms with E-state index in [-0.39, 0.29) is 24.5 Å². The van der Waals surface area contributed by atoms with Crippen LogP contribution in [-0.2, 0) is 17.6 Å². The Balaban J connectivity index is 1.24. The Hall–Kier alpha value is -3.90. The van der Waals surface area contributed by atoms with Gasteiger partial charge in [-0.15, -0.1) is 0 Å². The number of aryl methyl sites for hydroxylation is 1. The second-order valence-corrected chi connectivity index (χ2v) is 13.0. The summed E-state index contributed by atoms with van der Waals surface area (Å²) in [7, 11) is 0. The molecular weight excluding hydrogens is 572 g/mol. The number of pyridine rings is 1. The molecule has 4 aliphatic rings. The van der Waals surface area contributed by atoms with Crippen LogP contribution in [-0.4, -0.2) is 118 Å². The normalized spacial score (nSPS) is 24.0. The van der Waals surface area contributed by atoms with Gasteiger partial charge in [-0.1, -0.05) is 24.3 Å². The molecule has 12 nitrogen and oxygen atoms in total. The minimum atomic E-state index is -1.03. The van der Waals surface area contributed by atoms with E-state index in [1.807, 2.05) is 47.1 Å². The number of aromatic nitrogens is 1. The number of hydrogen-bond donors (Lipinski definition) is 4. The highest BCUT2D eigenvalue weighted by molar-refractivity contribution is 5.91. The quantitative estimate of drug-likeness (QED) is 0.387. The van der Waals surface area contributed by atoms with E-state index in [9.17, 15) is 19.5 Å². The van der Waals surface area contributed by atoms with Gasteiger partial charge < -0.3 is 36.2 Å². The Kier molecular flexibility index (Phi) is 9.41. The molecule has 0 radical (unpaired) electrons. The van der Waals surface area contributed by atoms with Crippen molar-refractivity contribution in [2.75, 3.05) is 63.4 Å². The fraction of sp³-hybridized carbons (Fsp3) is 0.576. The molecule has 3 saturated heterocycles. The van der Waals surface area contributed by atoms with Gasteiger partial charge in [-0.25, -0.2) is 14.6 Å². The van der Waals surface area contributed by atoms with Crippen LogP contribution in [0.15, 0.2) is 36.5 Å². The maximum Gasteiger partial charge on any atom is 0.407 e. The van der Waals surface area contributed by atoms with Crippen molar-refractivity contribution >= 4 is 29.5 Å². The molecule has 4 aliphatic heterocycles. The highest BCUT2D eigenvalue weighted by atomic mass is 16.4. The minimum absolute atomic E-state index is 0.0205. The lowest BCUT2D eigenvalue weighted by atomic mass is 9.82. The summed E-state index contributed by atoms with van der Waals surface area (Å²) in [5, 5.41) is 16.8. The van der Waals surface area contributed by atoms with Gasteiger partial charge in [0.15, 0.2) is 0 Å². The van der Waals surface area contributed by atoms with E-state index >= 15 is 0 Å². The summed E-state index contributed by atoms with van der Waals surface area (Å²) >= 11 is 0. The average molecular weight is 619 g/mol. The molecule has 1 aromatic heterocycles. The van der Waals surface area contributed by atoms with Crippen molar-refractivity contribution in [1.82, 2.24) is 29.9 Å². The van der Waals surface area contributed by atoms with Crippen LogP contribution in [0.3, 0.4) is 0 Å². The Morgan fingerprint density at radius 1 is 1.04 bits per heavy atom. The molecule has 0 aliphatic carbocycles. The molecule has 45 heavy (non-hydrogen) atoms. The number of carboxylic acid groups (broad SMARTS) is 1. The summed E-state index contributed by atoms with van der Waals surface area (Å²) in [5.74, 6) is -0.195. The standard InChI is InChI=1S/C33H46N8O4/c1-22-18-23(21-36-30(22)34)19-27(31(42)39-12-7-25(8-13-39)38-16-10-35-11-17-38)29-20-26(9-15-41(29)33(44)45)40-14-6-24-4-2-3-5-28(24)37-32(40)43/h2-5,18,21,25-27,29,35H,6-17,19-20H2,1H3,(H2,34,36)(H,37,43)(H,44,45). The molecule has 1 aromatic carbocycles. The second kappa shape index (κ2) is 13.6. The predicted molar refractivity (Wildman–Crippen MR) is 172 cm³/mol. The van der Waals surface area contributed by atoms with Crippen LogP contribution in [0.4, 0.5) is 21.1 Å². The summed E-state index contributed by atoms with van der Waals surface area (Å²) in [6.07, 6.45) is 4.45. The molecule has 242 valence electrons. The number of nitrogen functional groups attached to an aromatic ring is 1.